The van der Waals surface area contributed by atoms with Gasteiger partial charge in [0.05, 0.1) is 4.90 Å². The highest BCUT2D eigenvalue weighted by Gasteiger charge is 2.29. The smallest absolute Gasteiger partial charge is 0.262 e. The molecule has 2 aromatic carbocycles. The zero-order valence-electron chi connectivity index (χ0n) is 17.7. The molecule has 2 aromatic rings. The van der Waals surface area contributed by atoms with E-state index in [1.54, 1.807) is 36.4 Å². The Morgan fingerprint density at radius 3 is 2.34 bits per heavy atom. The van der Waals surface area contributed by atoms with Gasteiger partial charge >= 0.3 is 0 Å². The molecule has 0 bridgehead atoms. The van der Waals surface area contributed by atoms with Crippen molar-refractivity contribution in [1.82, 2.24) is 4.31 Å². The van der Waals surface area contributed by atoms with Gasteiger partial charge < -0.3 is 15.4 Å². The minimum Gasteiger partial charge on any atom is -0.484 e. The maximum absolute atomic E-state index is 12.7. The number of hydrogen-bond donors (Lipinski definition) is 2. The van der Waals surface area contributed by atoms with Gasteiger partial charge in [0.2, 0.25) is 15.9 Å². The predicted octanol–water partition coefficient (Wildman–Crippen LogP) is 3.23. The molecule has 0 unspecified atom stereocenters. The second-order valence-corrected chi connectivity index (χ2v) is 10.1. The summed E-state index contributed by atoms with van der Waals surface area (Å²) in [4.78, 5) is 24.3. The number of carbonyl (C=O) groups excluding carboxylic acids is 2. The van der Waals surface area contributed by atoms with Crippen molar-refractivity contribution in [2.75, 3.05) is 30.3 Å². The van der Waals surface area contributed by atoms with Gasteiger partial charge in [-0.25, -0.2) is 8.42 Å². The Hall–Kier alpha value is -2.91. The lowest BCUT2D eigenvalue weighted by molar-refractivity contribution is -0.118. The highest BCUT2D eigenvalue weighted by Crippen LogP contribution is 2.30. The molecule has 2 fully saturated rings. The fraction of sp³-hybridized carbons (Fsp3) is 0.391. The van der Waals surface area contributed by atoms with Crippen molar-refractivity contribution < 1.29 is 22.7 Å². The number of anilines is 2. The largest absolute Gasteiger partial charge is 0.484 e. The van der Waals surface area contributed by atoms with E-state index in [0.717, 1.165) is 32.1 Å². The third kappa shape index (κ3) is 5.66. The quantitative estimate of drug-likeness (QED) is 0.633. The van der Waals surface area contributed by atoms with Crippen LogP contribution in [0, 0.1) is 5.92 Å². The van der Waals surface area contributed by atoms with Crippen LogP contribution in [0.3, 0.4) is 0 Å². The average molecular weight is 458 g/mol. The normalized spacial score (nSPS) is 16.9. The molecule has 1 aliphatic carbocycles. The summed E-state index contributed by atoms with van der Waals surface area (Å²) in [7, 11) is -3.50. The van der Waals surface area contributed by atoms with Gasteiger partial charge in [0.15, 0.2) is 6.61 Å². The van der Waals surface area contributed by atoms with Crippen molar-refractivity contribution >= 4 is 33.2 Å². The molecular formula is C23H27N3O5S. The molecule has 8 nitrogen and oxygen atoms in total. The number of piperidine rings is 1. The van der Waals surface area contributed by atoms with E-state index in [1.807, 2.05) is 0 Å². The van der Waals surface area contributed by atoms with Crippen molar-refractivity contribution in [2.45, 2.75) is 37.0 Å². The first-order chi connectivity index (χ1) is 15.4. The lowest BCUT2D eigenvalue weighted by atomic mass is 10.2. The van der Waals surface area contributed by atoms with Crippen LogP contribution in [-0.2, 0) is 19.6 Å². The monoisotopic (exact) mass is 457 g/mol. The lowest BCUT2D eigenvalue weighted by Crippen LogP contribution is -2.35. The molecule has 1 aliphatic heterocycles. The van der Waals surface area contributed by atoms with Crippen LogP contribution in [0.4, 0.5) is 11.4 Å². The van der Waals surface area contributed by atoms with Crippen molar-refractivity contribution in [3.05, 3.63) is 48.5 Å². The second kappa shape index (κ2) is 9.70. The second-order valence-electron chi connectivity index (χ2n) is 8.12. The summed E-state index contributed by atoms with van der Waals surface area (Å²) in [6.45, 7) is 0.876. The number of amides is 2. The number of carbonyl (C=O) groups is 2. The minimum atomic E-state index is -3.50. The Balaban J connectivity index is 1.29. The molecule has 0 spiro atoms. The maximum Gasteiger partial charge on any atom is 0.262 e. The summed E-state index contributed by atoms with van der Waals surface area (Å²) in [5, 5.41) is 5.54. The highest BCUT2D eigenvalue weighted by atomic mass is 32.2. The molecule has 4 rings (SSSR count). The van der Waals surface area contributed by atoms with Gasteiger partial charge in [0.25, 0.3) is 5.91 Å². The topological polar surface area (TPSA) is 105 Å². The predicted molar refractivity (Wildman–Crippen MR) is 121 cm³/mol. The Morgan fingerprint density at radius 2 is 1.66 bits per heavy atom. The van der Waals surface area contributed by atoms with Crippen LogP contribution in [0.5, 0.6) is 5.75 Å². The van der Waals surface area contributed by atoms with Crippen molar-refractivity contribution in [3.8, 4) is 5.75 Å². The van der Waals surface area contributed by atoms with E-state index >= 15 is 0 Å². The number of sulfonamides is 1. The fourth-order valence-corrected chi connectivity index (χ4v) is 5.08. The van der Waals surface area contributed by atoms with E-state index in [9.17, 15) is 18.0 Å². The minimum absolute atomic E-state index is 0.00522. The fourth-order valence-electron chi connectivity index (χ4n) is 3.56. The SMILES string of the molecule is O=C(COc1cccc(NC(=O)C2CC2)c1)Nc1ccc(S(=O)(=O)N2CCCCC2)cc1. The summed E-state index contributed by atoms with van der Waals surface area (Å²) in [6, 6.07) is 13.1. The van der Waals surface area contributed by atoms with Crippen LogP contribution >= 0.6 is 0 Å². The molecule has 170 valence electrons. The van der Waals surface area contributed by atoms with Crippen LogP contribution in [0.25, 0.3) is 0 Å². The molecule has 1 saturated heterocycles. The third-order valence-electron chi connectivity index (χ3n) is 5.51. The molecular weight excluding hydrogens is 430 g/mol. The number of ether oxygens (including phenoxy) is 1. The molecule has 9 heteroatoms. The molecule has 1 saturated carbocycles. The standard InChI is InChI=1S/C23H27N3O5S/c27-22(16-31-20-6-4-5-19(15-20)25-23(28)17-7-8-17)24-18-9-11-21(12-10-18)32(29,30)26-13-2-1-3-14-26/h4-6,9-12,15,17H,1-3,7-8,13-14,16H2,(H,24,27)(H,25,28). The van der Waals surface area contributed by atoms with E-state index in [1.165, 1.54) is 16.4 Å². The summed E-state index contributed by atoms with van der Waals surface area (Å²) < 4.78 is 32.5. The number of nitrogens with zero attached hydrogens (tertiary/aromatic N) is 1. The zero-order chi connectivity index (χ0) is 22.6. The average Bonchev–Trinajstić information content (AvgIpc) is 3.65. The van der Waals surface area contributed by atoms with Gasteiger partial charge in [0.1, 0.15) is 5.75 Å². The van der Waals surface area contributed by atoms with Gasteiger partial charge in [-0.3, -0.25) is 9.59 Å². The van der Waals surface area contributed by atoms with E-state index < -0.39 is 10.0 Å². The molecule has 2 aliphatic rings. The van der Waals surface area contributed by atoms with Crippen LogP contribution in [-0.4, -0.2) is 44.2 Å². The molecule has 0 atom stereocenters. The Morgan fingerprint density at radius 1 is 0.938 bits per heavy atom. The summed E-state index contributed by atoms with van der Waals surface area (Å²) in [5.74, 6) is 0.206. The van der Waals surface area contributed by atoms with Crippen molar-refractivity contribution in [3.63, 3.8) is 0 Å². The van der Waals surface area contributed by atoms with Crippen LogP contribution < -0.4 is 15.4 Å². The number of nitrogens with one attached hydrogen (secondary N) is 2. The first kappa shape index (κ1) is 22.3. The van der Waals surface area contributed by atoms with Crippen molar-refractivity contribution in [2.24, 2.45) is 5.92 Å². The van der Waals surface area contributed by atoms with Crippen molar-refractivity contribution in [1.29, 1.82) is 0 Å². The highest BCUT2D eigenvalue weighted by molar-refractivity contribution is 7.89. The Bertz CT molecular complexity index is 1080. The Labute approximate surface area is 188 Å². The summed E-state index contributed by atoms with van der Waals surface area (Å²) in [5.41, 5.74) is 1.12. The van der Waals surface area contributed by atoms with E-state index in [-0.39, 0.29) is 29.2 Å². The lowest BCUT2D eigenvalue weighted by Gasteiger charge is -2.25. The number of benzene rings is 2. The molecule has 2 N–H and O–H groups in total. The molecule has 0 aromatic heterocycles. The van der Waals surface area contributed by atoms with Crippen LogP contribution in [0.15, 0.2) is 53.4 Å². The van der Waals surface area contributed by atoms with E-state index in [2.05, 4.69) is 10.6 Å². The first-order valence-electron chi connectivity index (χ1n) is 10.9. The maximum atomic E-state index is 12.7. The Kier molecular flexibility index (Phi) is 6.76. The zero-order valence-corrected chi connectivity index (χ0v) is 18.6. The van der Waals surface area contributed by atoms with Crippen LogP contribution in [0.2, 0.25) is 0 Å². The van der Waals surface area contributed by atoms with E-state index in [4.69, 9.17) is 4.74 Å². The van der Waals surface area contributed by atoms with Gasteiger partial charge in [-0.2, -0.15) is 4.31 Å². The first-order valence-corrected chi connectivity index (χ1v) is 12.3. The molecule has 2 amide bonds. The van der Waals surface area contributed by atoms with E-state index in [0.29, 0.717) is 30.2 Å². The summed E-state index contributed by atoms with van der Waals surface area (Å²) >= 11 is 0. The number of hydrogen-bond acceptors (Lipinski definition) is 5. The van der Waals surface area contributed by atoms with Gasteiger partial charge in [-0.15, -0.1) is 0 Å². The molecule has 0 radical (unpaired) electrons. The number of rotatable bonds is 8. The molecule has 32 heavy (non-hydrogen) atoms. The van der Waals surface area contributed by atoms with Gasteiger partial charge in [0, 0.05) is 36.4 Å². The van der Waals surface area contributed by atoms with Gasteiger partial charge in [-0.1, -0.05) is 12.5 Å². The van der Waals surface area contributed by atoms with Crippen LogP contribution in [0.1, 0.15) is 32.1 Å². The summed E-state index contributed by atoms with van der Waals surface area (Å²) in [6.07, 6.45) is 4.66. The molecule has 1 heterocycles. The third-order valence-corrected chi connectivity index (χ3v) is 7.42. The van der Waals surface area contributed by atoms with Gasteiger partial charge in [-0.05, 0) is 62.1 Å².